The molecule has 0 aliphatic carbocycles. The van der Waals surface area contributed by atoms with Gasteiger partial charge in [-0.1, -0.05) is 0 Å². The lowest BCUT2D eigenvalue weighted by atomic mass is 10.5. The summed E-state index contributed by atoms with van der Waals surface area (Å²) in [6, 6.07) is 2.12. The van der Waals surface area contributed by atoms with Gasteiger partial charge >= 0.3 is 0 Å². The average molecular weight is 181 g/mol. The number of nitriles is 1. The molecule has 4 heteroatoms. The molecule has 0 fully saturated rings. The molecule has 0 aliphatic rings. The van der Waals surface area contributed by atoms with Gasteiger partial charge in [0, 0.05) is 11.9 Å². The van der Waals surface area contributed by atoms with Gasteiger partial charge < -0.3 is 4.90 Å². The summed E-state index contributed by atoms with van der Waals surface area (Å²) in [6.45, 7) is 5.23. The van der Waals surface area contributed by atoms with Crippen LogP contribution in [0.25, 0.3) is 0 Å². The molecule has 64 valence electrons. The van der Waals surface area contributed by atoms with Crippen molar-refractivity contribution in [3.63, 3.8) is 0 Å². The average Bonchev–Trinajstić information content (AvgIpc) is 2.47. The van der Waals surface area contributed by atoms with E-state index in [0.29, 0.717) is 6.54 Å². The van der Waals surface area contributed by atoms with Crippen LogP contribution in [0.15, 0.2) is 5.38 Å². The third kappa shape index (κ3) is 1.95. The number of thiazole rings is 1. The number of aromatic nitrogens is 1. The largest absolute Gasteiger partial charge is 0.335 e. The van der Waals surface area contributed by atoms with Crippen molar-refractivity contribution in [1.82, 2.24) is 4.98 Å². The van der Waals surface area contributed by atoms with Crippen LogP contribution in [0.5, 0.6) is 0 Å². The molecule has 0 saturated heterocycles. The SMILES string of the molecule is CCN(CC#N)c1nc(C)cs1. The lowest BCUT2D eigenvalue weighted by Crippen LogP contribution is -2.22. The molecule has 0 aliphatic heterocycles. The molecule has 0 saturated carbocycles. The van der Waals surface area contributed by atoms with E-state index in [4.69, 9.17) is 5.26 Å². The zero-order valence-corrected chi connectivity index (χ0v) is 8.06. The summed E-state index contributed by atoms with van der Waals surface area (Å²) in [5, 5.41) is 11.5. The zero-order valence-electron chi connectivity index (χ0n) is 7.24. The number of hydrogen-bond acceptors (Lipinski definition) is 4. The van der Waals surface area contributed by atoms with Crippen LogP contribution in [-0.2, 0) is 0 Å². The van der Waals surface area contributed by atoms with E-state index in [2.05, 4.69) is 11.1 Å². The Morgan fingerprint density at radius 2 is 2.50 bits per heavy atom. The third-order valence-electron chi connectivity index (χ3n) is 1.52. The normalized spacial score (nSPS) is 9.42. The standard InChI is InChI=1S/C8H11N3S/c1-3-11(5-4-9)8-10-7(2)6-12-8/h6H,3,5H2,1-2H3. The van der Waals surface area contributed by atoms with E-state index < -0.39 is 0 Å². The van der Waals surface area contributed by atoms with Crippen molar-refractivity contribution < 1.29 is 0 Å². The van der Waals surface area contributed by atoms with Crippen molar-refractivity contribution in [3.05, 3.63) is 11.1 Å². The Labute approximate surface area is 76.3 Å². The fourth-order valence-corrected chi connectivity index (χ4v) is 1.75. The van der Waals surface area contributed by atoms with E-state index in [1.54, 1.807) is 11.3 Å². The Morgan fingerprint density at radius 1 is 1.75 bits per heavy atom. The molecule has 0 radical (unpaired) electrons. The second-order valence-electron chi connectivity index (χ2n) is 2.44. The Bertz CT molecular complexity index is 287. The molecule has 3 nitrogen and oxygen atoms in total. The van der Waals surface area contributed by atoms with Gasteiger partial charge in [0.05, 0.1) is 11.8 Å². The Hall–Kier alpha value is -1.08. The molecule has 0 unspecified atom stereocenters. The van der Waals surface area contributed by atoms with Gasteiger partial charge in [0.25, 0.3) is 0 Å². The molecule has 1 rings (SSSR count). The van der Waals surface area contributed by atoms with Gasteiger partial charge in [-0.15, -0.1) is 11.3 Å². The molecular formula is C8H11N3S. The first-order chi connectivity index (χ1) is 5.77. The first-order valence-electron chi connectivity index (χ1n) is 3.82. The summed E-state index contributed by atoms with van der Waals surface area (Å²) in [5.74, 6) is 0. The molecule has 0 bridgehead atoms. The summed E-state index contributed by atoms with van der Waals surface area (Å²) in [5.41, 5.74) is 1.02. The number of nitrogens with zero attached hydrogens (tertiary/aromatic N) is 3. The predicted molar refractivity (Wildman–Crippen MR) is 50.4 cm³/mol. The molecule has 1 heterocycles. The number of rotatable bonds is 3. The minimum Gasteiger partial charge on any atom is -0.335 e. The van der Waals surface area contributed by atoms with Gasteiger partial charge in [0.2, 0.25) is 0 Å². The number of hydrogen-bond donors (Lipinski definition) is 0. The van der Waals surface area contributed by atoms with Crippen LogP contribution in [0.1, 0.15) is 12.6 Å². The maximum Gasteiger partial charge on any atom is 0.186 e. The van der Waals surface area contributed by atoms with E-state index in [9.17, 15) is 0 Å². The fourth-order valence-electron chi connectivity index (χ4n) is 0.887. The van der Waals surface area contributed by atoms with Crippen LogP contribution in [0.2, 0.25) is 0 Å². The highest BCUT2D eigenvalue weighted by Gasteiger charge is 2.06. The second kappa shape index (κ2) is 4.07. The minimum absolute atomic E-state index is 0.420. The molecule has 1 aromatic heterocycles. The second-order valence-corrected chi connectivity index (χ2v) is 3.28. The van der Waals surface area contributed by atoms with Crippen LogP contribution in [-0.4, -0.2) is 18.1 Å². The van der Waals surface area contributed by atoms with Gasteiger partial charge in [-0.3, -0.25) is 0 Å². The van der Waals surface area contributed by atoms with E-state index in [-0.39, 0.29) is 0 Å². The topological polar surface area (TPSA) is 39.9 Å². The van der Waals surface area contributed by atoms with Crippen molar-refractivity contribution in [2.24, 2.45) is 0 Å². The smallest absolute Gasteiger partial charge is 0.186 e. The quantitative estimate of drug-likeness (QED) is 0.667. The van der Waals surface area contributed by atoms with Gasteiger partial charge in [0.1, 0.15) is 6.54 Å². The third-order valence-corrected chi connectivity index (χ3v) is 2.54. The first-order valence-corrected chi connectivity index (χ1v) is 4.70. The maximum atomic E-state index is 8.52. The summed E-state index contributed by atoms with van der Waals surface area (Å²) >= 11 is 1.59. The van der Waals surface area contributed by atoms with Crippen LogP contribution in [0.4, 0.5) is 5.13 Å². The van der Waals surface area contributed by atoms with Gasteiger partial charge in [-0.2, -0.15) is 5.26 Å². The minimum atomic E-state index is 0.420. The van der Waals surface area contributed by atoms with Crippen molar-refractivity contribution >= 4 is 16.5 Å². The number of anilines is 1. The zero-order chi connectivity index (χ0) is 8.97. The monoisotopic (exact) mass is 181 g/mol. The lowest BCUT2D eigenvalue weighted by Gasteiger charge is -2.14. The molecule has 1 aromatic rings. The van der Waals surface area contributed by atoms with Gasteiger partial charge in [-0.05, 0) is 13.8 Å². The van der Waals surface area contributed by atoms with E-state index in [1.165, 1.54) is 0 Å². The first kappa shape index (κ1) is 9.01. The molecule has 0 aromatic carbocycles. The summed E-state index contributed by atoms with van der Waals surface area (Å²) < 4.78 is 0. The fraction of sp³-hybridized carbons (Fsp3) is 0.500. The summed E-state index contributed by atoms with van der Waals surface area (Å²) in [7, 11) is 0. The summed E-state index contributed by atoms with van der Waals surface area (Å²) in [4.78, 5) is 6.25. The van der Waals surface area contributed by atoms with Crippen molar-refractivity contribution in [3.8, 4) is 6.07 Å². The van der Waals surface area contributed by atoms with Crippen molar-refractivity contribution in [2.45, 2.75) is 13.8 Å². The molecular weight excluding hydrogens is 170 g/mol. The predicted octanol–water partition coefficient (Wildman–Crippen LogP) is 1.80. The van der Waals surface area contributed by atoms with E-state index in [1.807, 2.05) is 24.1 Å². The number of aryl methyl sites for hydroxylation is 1. The van der Waals surface area contributed by atoms with Gasteiger partial charge in [-0.25, -0.2) is 4.98 Å². The highest BCUT2D eigenvalue weighted by molar-refractivity contribution is 7.13. The summed E-state index contributed by atoms with van der Waals surface area (Å²) in [6.07, 6.45) is 0. The molecule has 0 amide bonds. The highest BCUT2D eigenvalue weighted by atomic mass is 32.1. The van der Waals surface area contributed by atoms with E-state index >= 15 is 0 Å². The molecule has 0 atom stereocenters. The van der Waals surface area contributed by atoms with Crippen molar-refractivity contribution in [1.29, 1.82) is 5.26 Å². The Balaban J connectivity index is 2.74. The maximum absolute atomic E-state index is 8.52. The molecule has 0 N–H and O–H groups in total. The van der Waals surface area contributed by atoms with Gasteiger partial charge in [0.15, 0.2) is 5.13 Å². The van der Waals surface area contributed by atoms with Crippen LogP contribution < -0.4 is 4.90 Å². The van der Waals surface area contributed by atoms with Crippen molar-refractivity contribution in [2.75, 3.05) is 18.0 Å². The van der Waals surface area contributed by atoms with E-state index in [0.717, 1.165) is 17.4 Å². The van der Waals surface area contributed by atoms with Crippen LogP contribution in [0.3, 0.4) is 0 Å². The Kier molecular flexibility index (Phi) is 3.06. The highest BCUT2D eigenvalue weighted by Crippen LogP contribution is 2.18. The lowest BCUT2D eigenvalue weighted by molar-refractivity contribution is 0.900. The van der Waals surface area contributed by atoms with Crippen LogP contribution in [0, 0.1) is 18.3 Å². The Morgan fingerprint density at radius 3 is 2.92 bits per heavy atom. The van der Waals surface area contributed by atoms with Crippen LogP contribution >= 0.6 is 11.3 Å². The molecule has 12 heavy (non-hydrogen) atoms. The molecule has 0 spiro atoms.